The smallest absolute Gasteiger partial charge is 0.276 e. The minimum Gasteiger partial charge on any atom is -0.395 e. The van der Waals surface area contributed by atoms with Gasteiger partial charge in [0.25, 0.3) is 5.91 Å². The van der Waals surface area contributed by atoms with Gasteiger partial charge in [-0.25, -0.2) is 0 Å². The third-order valence-corrected chi connectivity index (χ3v) is 4.23. The summed E-state index contributed by atoms with van der Waals surface area (Å²) >= 11 is 0. The van der Waals surface area contributed by atoms with Crippen molar-refractivity contribution in [2.75, 3.05) is 39.3 Å². The molecule has 0 bridgehead atoms. The molecule has 1 aromatic rings. The van der Waals surface area contributed by atoms with E-state index >= 15 is 0 Å². The molecule has 1 amide bonds. The number of β-amino-alcohol motifs (C(OH)–C–C–N with tert-alkyl or cyclic N) is 1. The average molecular weight is 279 g/mol. The van der Waals surface area contributed by atoms with Crippen LogP contribution in [0.2, 0.25) is 0 Å². The van der Waals surface area contributed by atoms with Gasteiger partial charge in [0.2, 0.25) is 0 Å². The molecule has 0 saturated carbocycles. The maximum absolute atomic E-state index is 12.5. The highest BCUT2D eigenvalue weighted by atomic mass is 16.5. The molecule has 2 heterocycles. The summed E-state index contributed by atoms with van der Waals surface area (Å²) in [6.07, 6.45) is 4.04. The quantitative estimate of drug-likeness (QED) is 0.862. The zero-order chi connectivity index (χ0) is 13.9. The van der Waals surface area contributed by atoms with Crippen LogP contribution in [-0.4, -0.2) is 65.3 Å². The number of rotatable bonds is 3. The normalized spacial score (nSPS) is 19.9. The van der Waals surface area contributed by atoms with Crippen molar-refractivity contribution in [1.29, 1.82) is 0 Å². The molecule has 110 valence electrons. The van der Waals surface area contributed by atoms with Gasteiger partial charge in [-0.05, 0) is 19.3 Å². The topological polar surface area (TPSA) is 69.8 Å². The molecule has 0 spiro atoms. The number of fused-ring (bicyclic) bond motifs is 1. The zero-order valence-corrected chi connectivity index (χ0v) is 11.7. The van der Waals surface area contributed by atoms with Gasteiger partial charge in [0.1, 0.15) is 5.76 Å². The number of piperazine rings is 1. The Morgan fingerprint density at radius 2 is 1.95 bits per heavy atom. The molecule has 6 nitrogen and oxygen atoms in total. The third-order valence-electron chi connectivity index (χ3n) is 4.23. The van der Waals surface area contributed by atoms with Crippen molar-refractivity contribution in [3.8, 4) is 0 Å². The van der Waals surface area contributed by atoms with E-state index in [1.165, 1.54) is 0 Å². The summed E-state index contributed by atoms with van der Waals surface area (Å²) in [5.41, 5.74) is 1.55. The van der Waals surface area contributed by atoms with Crippen molar-refractivity contribution in [3.63, 3.8) is 0 Å². The molecule has 0 atom stereocenters. The zero-order valence-electron chi connectivity index (χ0n) is 11.7. The van der Waals surface area contributed by atoms with E-state index in [4.69, 9.17) is 9.63 Å². The second-order valence-electron chi connectivity index (χ2n) is 5.50. The lowest BCUT2D eigenvalue weighted by Gasteiger charge is -2.34. The molecule has 0 unspecified atom stereocenters. The van der Waals surface area contributed by atoms with E-state index in [-0.39, 0.29) is 12.5 Å². The van der Waals surface area contributed by atoms with E-state index in [9.17, 15) is 4.79 Å². The first-order valence-corrected chi connectivity index (χ1v) is 7.39. The number of carbonyl (C=O) groups excluding carboxylic acids is 1. The van der Waals surface area contributed by atoms with Gasteiger partial charge in [-0.3, -0.25) is 9.69 Å². The Balaban J connectivity index is 1.66. The molecule has 1 aliphatic heterocycles. The number of aliphatic hydroxyl groups excluding tert-OH is 1. The van der Waals surface area contributed by atoms with Crippen LogP contribution in [-0.2, 0) is 12.8 Å². The van der Waals surface area contributed by atoms with Crippen LogP contribution in [0.25, 0.3) is 0 Å². The molecular formula is C14H21N3O3. The fourth-order valence-electron chi connectivity index (χ4n) is 3.02. The van der Waals surface area contributed by atoms with Crippen LogP contribution < -0.4 is 0 Å². The molecule has 3 rings (SSSR count). The van der Waals surface area contributed by atoms with Crippen molar-refractivity contribution in [2.45, 2.75) is 25.7 Å². The number of nitrogens with zero attached hydrogens (tertiary/aromatic N) is 3. The lowest BCUT2D eigenvalue weighted by molar-refractivity contribution is 0.0604. The van der Waals surface area contributed by atoms with Gasteiger partial charge in [0.15, 0.2) is 5.69 Å². The van der Waals surface area contributed by atoms with Crippen molar-refractivity contribution in [2.24, 2.45) is 0 Å². The van der Waals surface area contributed by atoms with Gasteiger partial charge in [0.05, 0.1) is 6.61 Å². The van der Waals surface area contributed by atoms with Crippen LogP contribution >= 0.6 is 0 Å². The van der Waals surface area contributed by atoms with E-state index in [0.29, 0.717) is 25.3 Å². The van der Waals surface area contributed by atoms with Crippen molar-refractivity contribution < 1.29 is 14.4 Å². The summed E-state index contributed by atoms with van der Waals surface area (Å²) in [6, 6.07) is 0. The molecule has 1 saturated heterocycles. The molecular weight excluding hydrogens is 258 g/mol. The predicted octanol–water partition coefficient (Wildman–Crippen LogP) is 0.304. The summed E-state index contributed by atoms with van der Waals surface area (Å²) in [7, 11) is 0. The van der Waals surface area contributed by atoms with E-state index < -0.39 is 0 Å². The van der Waals surface area contributed by atoms with Gasteiger partial charge < -0.3 is 14.5 Å². The highest BCUT2D eigenvalue weighted by molar-refractivity contribution is 5.94. The van der Waals surface area contributed by atoms with Crippen LogP contribution in [0.5, 0.6) is 0 Å². The number of carbonyl (C=O) groups is 1. The number of hydrogen-bond acceptors (Lipinski definition) is 5. The first kappa shape index (κ1) is 13.6. The van der Waals surface area contributed by atoms with E-state index in [0.717, 1.165) is 50.1 Å². The van der Waals surface area contributed by atoms with Crippen LogP contribution in [0.1, 0.15) is 34.7 Å². The standard InChI is InChI=1S/C14H21N3O3/c18-10-9-16-5-7-17(8-6-16)14(19)13-11-3-1-2-4-12(11)20-15-13/h18H,1-10H2. The minimum atomic E-state index is 0.000508. The molecule has 1 aromatic heterocycles. The van der Waals surface area contributed by atoms with E-state index in [2.05, 4.69) is 10.1 Å². The molecule has 1 aliphatic carbocycles. The molecule has 0 radical (unpaired) electrons. The number of amides is 1. The van der Waals surface area contributed by atoms with Crippen molar-refractivity contribution >= 4 is 5.91 Å². The second-order valence-corrected chi connectivity index (χ2v) is 5.50. The maximum atomic E-state index is 12.5. The Bertz CT molecular complexity index is 478. The van der Waals surface area contributed by atoms with Crippen molar-refractivity contribution in [3.05, 3.63) is 17.0 Å². The van der Waals surface area contributed by atoms with E-state index in [1.54, 1.807) is 0 Å². The Labute approximate surface area is 118 Å². The molecule has 1 fully saturated rings. The first-order valence-electron chi connectivity index (χ1n) is 7.39. The third kappa shape index (κ3) is 2.58. The number of hydrogen-bond donors (Lipinski definition) is 1. The molecule has 6 heteroatoms. The highest BCUT2D eigenvalue weighted by Crippen LogP contribution is 2.25. The molecule has 1 N–H and O–H groups in total. The van der Waals surface area contributed by atoms with Crippen LogP contribution in [0.15, 0.2) is 4.52 Å². The Morgan fingerprint density at radius 3 is 2.70 bits per heavy atom. The van der Waals surface area contributed by atoms with Crippen molar-refractivity contribution in [1.82, 2.24) is 15.0 Å². The fourth-order valence-corrected chi connectivity index (χ4v) is 3.02. The Hall–Kier alpha value is -1.40. The minimum absolute atomic E-state index is 0.000508. The van der Waals surface area contributed by atoms with Crippen LogP contribution in [0.3, 0.4) is 0 Å². The van der Waals surface area contributed by atoms with E-state index in [1.807, 2.05) is 4.90 Å². The maximum Gasteiger partial charge on any atom is 0.276 e. The molecule has 20 heavy (non-hydrogen) atoms. The molecule has 0 aromatic carbocycles. The van der Waals surface area contributed by atoms with Crippen LogP contribution in [0, 0.1) is 0 Å². The first-order chi connectivity index (χ1) is 9.79. The lowest BCUT2D eigenvalue weighted by atomic mass is 9.96. The summed E-state index contributed by atoms with van der Waals surface area (Å²) in [5, 5.41) is 12.9. The summed E-state index contributed by atoms with van der Waals surface area (Å²) < 4.78 is 5.32. The van der Waals surface area contributed by atoms with Gasteiger partial charge in [-0.15, -0.1) is 0 Å². The molecule has 2 aliphatic rings. The summed E-state index contributed by atoms with van der Waals surface area (Å²) in [4.78, 5) is 16.5. The van der Waals surface area contributed by atoms with Gasteiger partial charge in [-0.2, -0.15) is 0 Å². The highest BCUT2D eigenvalue weighted by Gasteiger charge is 2.29. The second kappa shape index (κ2) is 5.93. The number of aromatic nitrogens is 1. The van der Waals surface area contributed by atoms with Gasteiger partial charge in [-0.1, -0.05) is 5.16 Å². The van der Waals surface area contributed by atoms with Gasteiger partial charge >= 0.3 is 0 Å². The fraction of sp³-hybridized carbons (Fsp3) is 0.714. The Kier molecular flexibility index (Phi) is 4.03. The van der Waals surface area contributed by atoms with Crippen LogP contribution in [0.4, 0.5) is 0 Å². The number of aryl methyl sites for hydroxylation is 1. The Morgan fingerprint density at radius 1 is 1.20 bits per heavy atom. The monoisotopic (exact) mass is 279 g/mol. The SMILES string of the molecule is O=C(c1noc2c1CCCC2)N1CCN(CCO)CC1. The predicted molar refractivity (Wildman–Crippen MR) is 72.6 cm³/mol. The summed E-state index contributed by atoms with van der Waals surface area (Å²) in [5.74, 6) is 0.902. The summed E-state index contributed by atoms with van der Waals surface area (Å²) in [6.45, 7) is 3.87. The lowest BCUT2D eigenvalue weighted by Crippen LogP contribution is -2.49. The number of aliphatic hydroxyl groups is 1. The largest absolute Gasteiger partial charge is 0.395 e. The van der Waals surface area contributed by atoms with Gasteiger partial charge in [0, 0.05) is 44.7 Å². The average Bonchev–Trinajstić information content (AvgIpc) is 2.92.